The summed E-state index contributed by atoms with van der Waals surface area (Å²) in [5, 5.41) is 14.1. The zero-order valence-electron chi connectivity index (χ0n) is 29.2. The molecular formula is C39H37FN10O4. The highest BCUT2D eigenvalue weighted by Crippen LogP contribution is 2.36. The lowest BCUT2D eigenvalue weighted by Gasteiger charge is -2.40. The first-order valence-corrected chi connectivity index (χ1v) is 18.2. The van der Waals surface area contributed by atoms with Crippen molar-refractivity contribution in [2.75, 3.05) is 47.8 Å². The van der Waals surface area contributed by atoms with Gasteiger partial charge in [-0.05, 0) is 79.4 Å². The quantitative estimate of drug-likeness (QED) is 0.143. The molecule has 54 heavy (non-hydrogen) atoms. The lowest BCUT2D eigenvalue weighted by molar-refractivity contribution is -0.136. The van der Waals surface area contributed by atoms with Crippen LogP contribution in [0.5, 0.6) is 0 Å². The highest BCUT2D eigenvalue weighted by atomic mass is 19.1. The van der Waals surface area contributed by atoms with E-state index in [1.54, 1.807) is 36.5 Å². The zero-order chi connectivity index (χ0) is 36.9. The number of carbonyl (C=O) groups excluding carboxylic acids is 4. The van der Waals surface area contributed by atoms with E-state index in [1.807, 2.05) is 40.9 Å². The second-order valence-corrected chi connectivity index (χ2v) is 14.1. The van der Waals surface area contributed by atoms with Crippen LogP contribution in [0.15, 0.2) is 79.0 Å². The first-order chi connectivity index (χ1) is 26.3. The Hall–Kier alpha value is -6.22. The second-order valence-electron chi connectivity index (χ2n) is 14.1. The number of piperidine rings is 1. The summed E-state index contributed by atoms with van der Waals surface area (Å²) in [7, 11) is 0. The fraction of sp³-hybridized carbons (Fsp3) is 0.308. The average molecular weight is 729 g/mol. The molecule has 0 bridgehead atoms. The minimum absolute atomic E-state index is 0.0550. The minimum atomic E-state index is -0.991. The molecule has 9 rings (SSSR count). The van der Waals surface area contributed by atoms with Crippen LogP contribution in [-0.2, 0) is 9.59 Å². The van der Waals surface area contributed by atoms with Crippen molar-refractivity contribution < 1.29 is 23.6 Å². The van der Waals surface area contributed by atoms with Gasteiger partial charge in [-0.15, -0.1) is 5.10 Å². The first kappa shape index (κ1) is 33.6. The number of imidazole rings is 1. The molecule has 2 atom stereocenters. The molecule has 7 heterocycles. The third-order valence-corrected chi connectivity index (χ3v) is 10.7. The Morgan fingerprint density at radius 3 is 2.56 bits per heavy atom. The van der Waals surface area contributed by atoms with Gasteiger partial charge in [0.15, 0.2) is 5.65 Å². The van der Waals surface area contributed by atoms with E-state index in [-0.39, 0.29) is 41.9 Å². The standard InChI is InChI=1S/C39H37FN10O4/c40-24-5-1-4-23(18-24)30-7-3-17-48(30)35-13-12-33-43-20-32(50(33)46-35)29-6-2-8-34(44-29)47-21-26(22-47)42-16-15-41-25-9-10-27-28(19-25)39(54)49(38(27)53)31-11-14-36(51)45-37(31)52/h1-2,4-6,8-10,12-13,18-20,26,30-31,41-42H,3,7,11,14-17,21-22H2,(H,45,51,52)/t30-,31?/m1/s1. The summed E-state index contributed by atoms with van der Waals surface area (Å²) in [5.74, 6) is -0.641. The number of hydrogen-bond donors (Lipinski definition) is 3. The Kier molecular flexibility index (Phi) is 8.49. The van der Waals surface area contributed by atoms with Crippen molar-refractivity contribution in [1.29, 1.82) is 0 Å². The van der Waals surface area contributed by atoms with Gasteiger partial charge in [0.2, 0.25) is 11.8 Å². The smallest absolute Gasteiger partial charge is 0.262 e. The van der Waals surface area contributed by atoms with Crippen molar-refractivity contribution in [3.05, 3.63) is 102 Å². The van der Waals surface area contributed by atoms with Gasteiger partial charge in [-0.1, -0.05) is 18.2 Å². The number of imide groups is 2. The Balaban J connectivity index is 0.796. The van der Waals surface area contributed by atoms with E-state index < -0.39 is 29.7 Å². The van der Waals surface area contributed by atoms with Gasteiger partial charge in [0.05, 0.1) is 29.1 Å². The van der Waals surface area contributed by atoms with E-state index >= 15 is 0 Å². The molecule has 1 unspecified atom stereocenters. The van der Waals surface area contributed by atoms with Crippen LogP contribution < -0.4 is 25.8 Å². The molecule has 274 valence electrons. The largest absolute Gasteiger partial charge is 0.384 e. The van der Waals surface area contributed by atoms with E-state index in [0.29, 0.717) is 18.8 Å². The summed E-state index contributed by atoms with van der Waals surface area (Å²) in [6, 6.07) is 21.0. The number of pyridine rings is 1. The topological polar surface area (TPSA) is 157 Å². The summed E-state index contributed by atoms with van der Waals surface area (Å²) >= 11 is 0. The number of aromatic nitrogens is 4. The first-order valence-electron chi connectivity index (χ1n) is 18.2. The maximum atomic E-state index is 14.1. The number of nitrogens with one attached hydrogen (secondary N) is 3. The van der Waals surface area contributed by atoms with Gasteiger partial charge < -0.3 is 20.4 Å². The minimum Gasteiger partial charge on any atom is -0.384 e. The Bertz CT molecular complexity index is 2320. The second kappa shape index (κ2) is 13.6. The fourth-order valence-electron chi connectivity index (χ4n) is 7.89. The number of carbonyl (C=O) groups is 4. The Labute approximate surface area is 309 Å². The summed E-state index contributed by atoms with van der Waals surface area (Å²) in [6.07, 6.45) is 3.92. The van der Waals surface area contributed by atoms with Crippen molar-refractivity contribution in [2.24, 2.45) is 0 Å². The number of halogens is 1. The number of rotatable bonds is 10. The third-order valence-electron chi connectivity index (χ3n) is 10.7. The van der Waals surface area contributed by atoms with Crippen LogP contribution in [-0.4, -0.2) is 92.9 Å². The van der Waals surface area contributed by atoms with E-state index in [4.69, 9.17) is 10.1 Å². The van der Waals surface area contributed by atoms with Crippen molar-refractivity contribution in [3.63, 3.8) is 0 Å². The van der Waals surface area contributed by atoms with Crippen LogP contribution in [0, 0.1) is 5.82 Å². The molecular weight excluding hydrogens is 691 g/mol. The molecule has 2 aromatic carbocycles. The van der Waals surface area contributed by atoms with E-state index in [0.717, 1.165) is 71.6 Å². The van der Waals surface area contributed by atoms with Gasteiger partial charge in [-0.3, -0.25) is 29.4 Å². The normalized spacial score (nSPS) is 20.1. The lowest BCUT2D eigenvalue weighted by Crippen LogP contribution is -2.59. The highest BCUT2D eigenvalue weighted by Gasteiger charge is 2.44. The lowest BCUT2D eigenvalue weighted by atomic mass is 10.0. The highest BCUT2D eigenvalue weighted by molar-refractivity contribution is 6.23. The van der Waals surface area contributed by atoms with Crippen LogP contribution in [0.2, 0.25) is 0 Å². The van der Waals surface area contributed by atoms with Gasteiger partial charge >= 0.3 is 0 Å². The molecule has 4 amide bonds. The number of anilines is 3. The van der Waals surface area contributed by atoms with Crippen LogP contribution in [0.25, 0.3) is 17.0 Å². The van der Waals surface area contributed by atoms with Crippen LogP contribution in [0.4, 0.5) is 21.7 Å². The molecule has 3 N–H and O–H groups in total. The van der Waals surface area contributed by atoms with Crippen LogP contribution in [0.1, 0.15) is 58.0 Å². The molecule has 3 fully saturated rings. The summed E-state index contributed by atoms with van der Waals surface area (Å²) in [5.41, 5.74) is 4.41. The number of amides is 4. The van der Waals surface area contributed by atoms with Crippen molar-refractivity contribution >= 4 is 46.6 Å². The van der Waals surface area contributed by atoms with Gasteiger partial charge in [0.1, 0.15) is 29.2 Å². The number of hydrogen-bond acceptors (Lipinski definition) is 11. The van der Waals surface area contributed by atoms with E-state index in [9.17, 15) is 23.6 Å². The third kappa shape index (κ3) is 6.09. The average Bonchev–Trinajstić information content (AvgIpc) is 3.88. The molecule has 4 aliphatic rings. The van der Waals surface area contributed by atoms with Crippen LogP contribution in [0.3, 0.4) is 0 Å². The molecule has 0 radical (unpaired) electrons. The fourth-order valence-corrected chi connectivity index (χ4v) is 7.89. The van der Waals surface area contributed by atoms with E-state index in [2.05, 4.69) is 30.7 Å². The summed E-state index contributed by atoms with van der Waals surface area (Å²) in [4.78, 5) is 65.0. The molecule has 14 nitrogen and oxygen atoms in total. The molecule has 0 spiro atoms. The van der Waals surface area contributed by atoms with Crippen molar-refractivity contribution in [1.82, 2.24) is 35.1 Å². The molecule has 4 aliphatic heterocycles. The molecule has 0 saturated carbocycles. The van der Waals surface area contributed by atoms with Crippen LogP contribution >= 0.6 is 0 Å². The Morgan fingerprint density at radius 1 is 0.852 bits per heavy atom. The SMILES string of the molecule is O=C1CCC(N2C(=O)c3ccc(NCCNC4CN(c5cccc(-c6cnc7ccc(N8CCC[C@@H]8c8cccc(F)c8)nn67)n5)C4)cc3C2=O)C(=O)N1. The number of nitrogens with zero attached hydrogens (tertiary/aromatic N) is 7. The molecule has 0 aliphatic carbocycles. The maximum Gasteiger partial charge on any atom is 0.262 e. The maximum absolute atomic E-state index is 14.1. The molecule has 5 aromatic rings. The number of fused-ring (bicyclic) bond motifs is 2. The predicted octanol–water partition coefficient (Wildman–Crippen LogP) is 3.56. The Morgan fingerprint density at radius 2 is 1.70 bits per heavy atom. The van der Waals surface area contributed by atoms with Crippen molar-refractivity contribution in [3.8, 4) is 11.4 Å². The van der Waals surface area contributed by atoms with Gasteiger partial charge in [0, 0.05) is 50.9 Å². The number of benzene rings is 2. The molecule has 15 heteroatoms. The van der Waals surface area contributed by atoms with Gasteiger partial charge in [-0.2, -0.15) is 0 Å². The predicted molar refractivity (Wildman–Crippen MR) is 198 cm³/mol. The zero-order valence-corrected chi connectivity index (χ0v) is 29.2. The monoisotopic (exact) mass is 728 g/mol. The van der Waals surface area contributed by atoms with Gasteiger partial charge in [-0.25, -0.2) is 18.9 Å². The molecule has 3 aromatic heterocycles. The molecule has 3 saturated heterocycles. The summed E-state index contributed by atoms with van der Waals surface area (Å²) < 4.78 is 15.9. The van der Waals surface area contributed by atoms with Gasteiger partial charge in [0.25, 0.3) is 11.8 Å². The van der Waals surface area contributed by atoms with Crippen molar-refractivity contribution in [2.45, 2.75) is 43.8 Å². The summed E-state index contributed by atoms with van der Waals surface area (Å²) in [6.45, 7) is 3.67. The van der Waals surface area contributed by atoms with E-state index in [1.165, 1.54) is 6.07 Å².